The largest absolute Gasteiger partial charge is 0.484 e. The monoisotopic (exact) mass is 532 g/mol. The van der Waals surface area contributed by atoms with Crippen LogP contribution in [0.2, 0.25) is 15.1 Å². The normalized spacial score (nSPS) is 10.6. The van der Waals surface area contributed by atoms with Crippen molar-refractivity contribution in [3.05, 3.63) is 86.9 Å². The molecule has 3 amide bonds. The van der Waals surface area contributed by atoms with E-state index in [2.05, 4.69) is 21.2 Å². The summed E-state index contributed by atoms with van der Waals surface area (Å²) in [5, 5.41) is 9.73. The van der Waals surface area contributed by atoms with Crippen LogP contribution in [0.15, 0.2) is 65.8 Å². The predicted octanol–water partition coefficient (Wildman–Crippen LogP) is 5.06. The number of amides is 3. The molecule has 8 nitrogen and oxygen atoms in total. The SMILES string of the molecule is Cc1ccc(NC(=O)COc2ccc(/C=N\NC(=O)C(=O)Nc3cccc(Cl)c3Cl)cc2)cc1Cl. The summed E-state index contributed by atoms with van der Waals surface area (Å²) in [6, 6.07) is 16.5. The first-order chi connectivity index (χ1) is 16.7. The quantitative estimate of drug-likeness (QED) is 0.224. The fourth-order valence-electron chi connectivity index (χ4n) is 2.66. The first kappa shape index (κ1) is 26.0. The highest BCUT2D eigenvalue weighted by molar-refractivity contribution is 6.45. The lowest BCUT2D eigenvalue weighted by Crippen LogP contribution is -2.32. The van der Waals surface area contributed by atoms with Gasteiger partial charge in [-0.2, -0.15) is 5.10 Å². The maximum atomic E-state index is 12.1. The van der Waals surface area contributed by atoms with Crippen LogP contribution < -0.4 is 20.8 Å². The van der Waals surface area contributed by atoms with Crippen molar-refractivity contribution in [1.82, 2.24) is 5.43 Å². The summed E-state index contributed by atoms with van der Waals surface area (Å²) < 4.78 is 5.47. The molecule has 3 rings (SSSR count). The number of anilines is 2. The molecule has 35 heavy (non-hydrogen) atoms. The van der Waals surface area contributed by atoms with Crippen molar-refractivity contribution in [2.24, 2.45) is 5.10 Å². The minimum Gasteiger partial charge on any atom is -0.484 e. The molecule has 0 saturated carbocycles. The number of nitrogens with zero attached hydrogens (tertiary/aromatic N) is 1. The van der Waals surface area contributed by atoms with Crippen LogP contribution in [-0.4, -0.2) is 30.5 Å². The van der Waals surface area contributed by atoms with Crippen LogP contribution in [0, 0.1) is 6.92 Å². The number of ether oxygens (including phenoxy) is 1. The number of nitrogens with one attached hydrogen (secondary N) is 3. The predicted molar refractivity (Wildman–Crippen MR) is 138 cm³/mol. The molecule has 0 fully saturated rings. The summed E-state index contributed by atoms with van der Waals surface area (Å²) in [5.74, 6) is -1.82. The summed E-state index contributed by atoms with van der Waals surface area (Å²) in [7, 11) is 0. The van der Waals surface area contributed by atoms with Crippen LogP contribution >= 0.6 is 34.8 Å². The summed E-state index contributed by atoms with van der Waals surface area (Å²) in [6.45, 7) is 1.68. The van der Waals surface area contributed by atoms with Gasteiger partial charge in [-0.25, -0.2) is 5.43 Å². The average Bonchev–Trinajstić information content (AvgIpc) is 2.83. The molecule has 11 heteroatoms. The van der Waals surface area contributed by atoms with Gasteiger partial charge in [0.15, 0.2) is 6.61 Å². The Morgan fingerprint density at radius 3 is 2.37 bits per heavy atom. The molecule has 0 heterocycles. The van der Waals surface area contributed by atoms with E-state index < -0.39 is 11.8 Å². The highest BCUT2D eigenvalue weighted by atomic mass is 35.5. The number of carbonyl (C=O) groups excluding carboxylic acids is 3. The summed E-state index contributed by atoms with van der Waals surface area (Å²) in [5.41, 5.74) is 4.43. The van der Waals surface area contributed by atoms with Gasteiger partial charge in [0.05, 0.1) is 21.9 Å². The van der Waals surface area contributed by atoms with E-state index in [1.807, 2.05) is 13.0 Å². The van der Waals surface area contributed by atoms with Gasteiger partial charge in [0.25, 0.3) is 5.91 Å². The Morgan fingerprint density at radius 1 is 0.914 bits per heavy atom. The minimum atomic E-state index is -0.988. The van der Waals surface area contributed by atoms with E-state index in [9.17, 15) is 14.4 Å². The van der Waals surface area contributed by atoms with Crippen LogP contribution in [-0.2, 0) is 14.4 Å². The van der Waals surface area contributed by atoms with Crippen LogP contribution in [0.3, 0.4) is 0 Å². The molecule has 0 radical (unpaired) electrons. The Hall–Kier alpha value is -3.59. The first-order valence-corrected chi connectivity index (χ1v) is 11.2. The van der Waals surface area contributed by atoms with Gasteiger partial charge in [-0.1, -0.05) is 46.9 Å². The smallest absolute Gasteiger partial charge is 0.329 e. The number of aryl methyl sites for hydroxylation is 1. The topological polar surface area (TPSA) is 109 Å². The van der Waals surface area contributed by atoms with Crippen molar-refractivity contribution in [1.29, 1.82) is 0 Å². The minimum absolute atomic E-state index is 0.123. The van der Waals surface area contributed by atoms with Gasteiger partial charge in [-0.3, -0.25) is 14.4 Å². The first-order valence-electron chi connectivity index (χ1n) is 10.1. The average molecular weight is 534 g/mol. The third kappa shape index (κ3) is 7.71. The molecular weight excluding hydrogens is 515 g/mol. The van der Waals surface area contributed by atoms with Gasteiger partial charge in [-0.05, 0) is 66.6 Å². The van der Waals surface area contributed by atoms with E-state index in [1.54, 1.807) is 48.5 Å². The standard InChI is InChI=1S/C24H19Cl3N4O4/c1-14-5-8-16(11-19(14)26)29-21(32)13-35-17-9-6-15(7-10-17)12-28-31-24(34)23(33)30-20-4-2-3-18(25)22(20)27/h2-12H,13H2,1H3,(H,29,32)(H,30,33)(H,31,34)/b28-12-. The van der Waals surface area contributed by atoms with Crippen molar-refractivity contribution in [3.8, 4) is 5.75 Å². The molecule has 3 aromatic rings. The summed E-state index contributed by atoms with van der Waals surface area (Å²) in [6.07, 6.45) is 1.34. The summed E-state index contributed by atoms with van der Waals surface area (Å²) >= 11 is 17.9. The Labute approximate surface area is 216 Å². The van der Waals surface area contributed by atoms with Crippen molar-refractivity contribution in [2.75, 3.05) is 17.2 Å². The number of halogens is 3. The zero-order valence-corrected chi connectivity index (χ0v) is 20.5. The molecule has 0 aliphatic rings. The molecule has 0 aliphatic carbocycles. The number of carbonyl (C=O) groups is 3. The fraction of sp³-hybridized carbons (Fsp3) is 0.0833. The van der Waals surface area contributed by atoms with E-state index in [0.29, 0.717) is 22.0 Å². The maximum Gasteiger partial charge on any atom is 0.329 e. The van der Waals surface area contributed by atoms with E-state index in [1.165, 1.54) is 12.3 Å². The van der Waals surface area contributed by atoms with Crippen LogP contribution in [0.5, 0.6) is 5.75 Å². The molecule has 3 aromatic carbocycles. The second-order valence-corrected chi connectivity index (χ2v) is 8.32. The number of hydrogen-bond acceptors (Lipinski definition) is 5. The summed E-state index contributed by atoms with van der Waals surface area (Å²) in [4.78, 5) is 36.0. The number of hydrogen-bond donors (Lipinski definition) is 3. The molecule has 3 N–H and O–H groups in total. The van der Waals surface area contributed by atoms with Crippen LogP contribution in [0.25, 0.3) is 0 Å². The molecule has 0 aromatic heterocycles. The molecule has 180 valence electrons. The van der Waals surface area contributed by atoms with Gasteiger partial charge >= 0.3 is 11.8 Å². The molecule has 0 aliphatic heterocycles. The van der Waals surface area contributed by atoms with E-state index >= 15 is 0 Å². The Kier molecular flexibility index (Phi) is 9.08. The lowest BCUT2D eigenvalue weighted by molar-refractivity contribution is -0.136. The molecule has 0 bridgehead atoms. The van der Waals surface area contributed by atoms with Crippen LogP contribution in [0.1, 0.15) is 11.1 Å². The Morgan fingerprint density at radius 2 is 1.66 bits per heavy atom. The second-order valence-electron chi connectivity index (χ2n) is 7.12. The van der Waals surface area contributed by atoms with Gasteiger partial charge in [0, 0.05) is 10.7 Å². The van der Waals surface area contributed by atoms with Crippen molar-refractivity contribution >= 4 is 70.1 Å². The Balaban J connectivity index is 1.45. The van der Waals surface area contributed by atoms with Crippen molar-refractivity contribution in [2.45, 2.75) is 6.92 Å². The Bertz CT molecular complexity index is 1280. The highest BCUT2D eigenvalue weighted by Gasteiger charge is 2.15. The van der Waals surface area contributed by atoms with E-state index in [-0.39, 0.29) is 28.2 Å². The zero-order chi connectivity index (χ0) is 25.4. The van der Waals surface area contributed by atoms with Gasteiger partial charge in [0.2, 0.25) is 0 Å². The van der Waals surface area contributed by atoms with Crippen molar-refractivity contribution < 1.29 is 19.1 Å². The molecule has 0 spiro atoms. The molecule has 0 unspecified atom stereocenters. The zero-order valence-electron chi connectivity index (χ0n) is 18.3. The van der Waals surface area contributed by atoms with Crippen LogP contribution in [0.4, 0.5) is 11.4 Å². The third-order valence-corrected chi connectivity index (χ3v) is 5.72. The molecular formula is C24H19Cl3N4O4. The highest BCUT2D eigenvalue weighted by Crippen LogP contribution is 2.29. The fourth-order valence-corrected chi connectivity index (χ4v) is 3.19. The third-order valence-electron chi connectivity index (χ3n) is 4.49. The van der Waals surface area contributed by atoms with E-state index in [4.69, 9.17) is 39.5 Å². The number of benzene rings is 3. The van der Waals surface area contributed by atoms with Gasteiger partial charge in [-0.15, -0.1) is 0 Å². The van der Waals surface area contributed by atoms with E-state index in [0.717, 1.165) is 5.56 Å². The lowest BCUT2D eigenvalue weighted by atomic mass is 10.2. The van der Waals surface area contributed by atoms with Gasteiger partial charge in [0.1, 0.15) is 5.75 Å². The molecule has 0 saturated heterocycles. The second kappa shape index (κ2) is 12.2. The van der Waals surface area contributed by atoms with Gasteiger partial charge < -0.3 is 15.4 Å². The lowest BCUT2D eigenvalue weighted by Gasteiger charge is -2.09. The number of hydrazone groups is 1. The van der Waals surface area contributed by atoms with Crippen molar-refractivity contribution in [3.63, 3.8) is 0 Å². The molecule has 0 atom stereocenters. The number of rotatable bonds is 7. The maximum absolute atomic E-state index is 12.1.